The summed E-state index contributed by atoms with van der Waals surface area (Å²) in [7, 11) is 0. The number of hydrogen-bond acceptors (Lipinski definition) is 4. The fraction of sp³-hybridized carbons (Fsp3) is 0.583. The highest BCUT2D eigenvalue weighted by Gasteiger charge is 2.39. The summed E-state index contributed by atoms with van der Waals surface area (Å²) < 4.78 is 0. The fourth-order valence-electron chi connectivity index (χ4n) is 3.27. The van der Waals surface area contributed by atoms with E-state index >= 15 is 0 Å². The summed E-state index contributed by atoms with van der Waals surface area (Å²) in [5, 5.41) is 4.42. The molecule has 18 heavy (non-hydrogen) atoms. The van der Waals surface area contributed by atoms with Crippen LogP contribution in [0.2, 0.25) is 10.0 Å². The number of pyridine rings is 1. The smallest absolute Gasteiger partial charge is 0.161 e. The number of nitrogen functional groups attached to an aromatic ring is 1. The van der Waals surface area contributed by atoms with Gasteiger partial charge in [-0.15, -0.1) is 0 Å². The minimum atomic E-state index is 0.431. The van der Waals surface area contributed by atoms with Gasteiger partial charge in [-0.1, -0.05) is 29.6 Å². The lowest BCUT2D eigenvalue weighted by atomic mass is 9.95. The number of nitrogens with one attached hydrogen (secondary N) is 2. The molecule has 6 heteroatoms. The SMILES string of the molecule is NNc1nc(NC2CC3CCC2C3)c(Cl)cc1Cl. The molecule has 4 nitrogen and oxygen atoms in total. The molecule has 3 unspecified atom stereocenters. The number of rotatable bonds is 3. The maximum Gasteiger partial charge on any atom is 0.161 e. The van der Waals surface area contributed by atoms with E-state index in [9.17, 15) is 0 Å². The number of halogens is 2. The fourth-order valence-corrected chi connectivity index (χ4v) is 3.73. The van der Waals surface area contributed by atoms with Crippen molar-refractivity contribution in [1.29, 1.82) is 0 Å². The Balaban J connectivity index is 1.80. The van der Waals surface area contributed by atoms with Gasteiger partial charge in [-0.2, -0.15) is 0 Å². The molecule has 0 aromatic carbocycles. The van der Waals surface area contributed by atoms with Gasteiger partial charge in [0.05, 0.1) is 10.0 Å². The predicted octanol–water partition coefficient (Wildman–Crippen LogP) is 3.27. The molecule has 1 heterocycles. The number of nitrogens with zero attached hydrogens (tertiary/aromatic N) is 1. The molecule has 0 spiro atoms. The zero-order valence-electron chi connectivity index (χ0n) is 9.92. The minimum Gasteiger partial charge on any atom is -0.366 e. The first kappa shape index (κ1) is 12.3. The number of fused-ring (bicyclic) bond motifs is 2. The monoisotopic (exact) mass is 286 g/mol. The van der Waals surface area contributed by atoms with Gasteiger partial charge in [0, 0.05) is 6.04 Å². The summed E-state index contributed by atoms with van der Waals surface area (Å²) in [5.41, 5.74) is 2.48. The maximum absolute atomic E-state index is 6.16. The molecule has 2 bridgehead atoms. The molecule has 2 saturated carbocycles. The maximum atomic E-state index is 6.16. The summed E-state index contributed by atoms with van der Waals surface area (Å²) in [5.74, 6) is 8.14. The third kappa shape index (κ3) is 2.13. The van der Waals surface area contributed by atoms with Crippen molar-refractivity contribution in [3.8, 4) is 0 Å². The average Bonchev–Trinajstić information content (AvgIpc) is 2.94. The molecule has 2 aliphatic carbocycles. The van der Waals surface area contributed by atoms with E-state index in [1.165, 1.54) is 25.7 Å². The van der Waals surface area contributed by atoms with E-state index in [2.05, 4.69) is 15.7 Å². The lowest BCUT2D eigenvalue weighted by Crippen LogP contribution is -2.26. The Morgan fingerprint density at radius 3 is 2.56 bits per heavy atom. The molecule has 0 aliphatic heterocycles. The van der Waals surface area contributed by atoms with Gasteiger partial charge in [0.15, 0.2) is 5.82 Å². The van der Waals surface area contributed by atoms with Gasteiger partial charge in [0.1, 0.15) is 5.82 Å². The Bertz CT molecular complexity index is 466. The summed E-state index contributed by atoms with van der Waals surface area (Å²) in [6, 6.07) is 2.15. The van der Waals surface area contributed by atoms with Crippen LogP contribution in [0, 0.1) is 11.8 Å². The molecule has 2 fully saturated rings. The van der Waals surface area contributed by atoms with Crippen LogP contribution in [0.3, 0.4) is 0 Å². The van der Waals surface area contributed by atoms with Crippen LogP contribution in [0.4, 0.5) is 11.6 Å². The van der Waals surface area contributed by atoms with Crippen LogP contribution >= 0.6 is 23.2 Å². The number of hydrogen-bond donors (Lipinski definition) is 3. The normalized spacial score (nSPS) is 29.6. The zero-order valence-corrected chi connectivity index (χ0v) is 11.4. The van der Waals surface area contributed by atoms with E-state index in [0.29, 0.717) is 27.7 Å². The quantitative estimate of drug-likeness (QED) is 0.589. The second-order valence-electron chi connectivity index (χ2n) is 5.22. The van der Waals surface area contributed by atoms with Crippen molar-refractivity contribution in [2.45, 2.75) is 31.7 Å². The standard InChI is InChI=1S/C12H16Cl2N4/c13-8-5-9(14)12(18-15)17-11(8)16-10-4-6-1-2-7(10)3-6/h5-7,10H,1-4,15H2,(H2,16,17,18). The van der Waals surface area contributed by atoms with Gasteiger partial charge in [0.2, 0.25) is 0 Å². The predicted molar refractivity (Wildman–Crippen MR) is 74.9 cm³/mol. The molecule has 0 radical (unpaired) electrons. The van der Waals surface area contributed by atoms with Crippen LogP contribution in [-0.4, -0.2) is 11.0 Å². The summed E-state index contributed by atoms with van der Waals surface area (Å²) >= 11 is 12.1. The third-order valence-electron chi connectivity index (χ3n) is 4.13. The minimum absolute atomic E-state index is 0.431. The Morgan fingerprint density at radius 1 is 1.17 bits per heavy atom. The number of aromatic nitrogens is 1. The van der Waals surface area contributed by atoms with E-state index in [4.69, 9.17) is 29.0 Å². The Morgan fingerprint density at radius 2 is 1.94 bits per heavy atom. The molecule has 3 rings (SSSR count). The largest absolute Gasteiger partial charge is 0.366 e. The Hall–Kier alpha value is -0.710. The van der Waals surface area contributed by atoms with Crippen molar-refractivity contribution in [1.82, 2.24) is 4.98 Å². The first-order valence-corrected chi connectivity index (χ1v) is 7.02. The van der Waals surface area contributed by atoms with Crippen molar-refractivity contribution in [2.75, 3.05) is 10.7 Å². The van der Waals surface area contributed by atoms with Crippen LogP contribution < -0.4 is 16.6 Å². The second kappa shape index (κ2) is 4.76. The van der Waals surface area contributed by atoms with E-state index in [1.54, 1.807) is 6.07 Å². The number of nitrogens with two attached hydrogens (primary N) is 1. The van der Waals surface area contributed by atoms with E-state index in [-0.39, 0.29) is 0 Å². The highest BCUT2D eigenvalue weighted by molar-refractivity contribution is 6.37. The number of anilines is 2. The van der Waals surface area contributed by atoms with Crippen LogP contribution in [0.15, 0.2) is 6.07 Å². The second-order valence-corrected chi connectivity index (χ2v) is 6.03. The van der Waals surface area contributed by atoms with Crippen LogP contribution in [0.25, 0.3) is 0 Å². The topological polar surface area (TPSA) is 63.0 Å². The molecule has 0 saturated heterocycles. The van der Waals surface area contributed by atoms with Crippen LogP contribution in [0.5, 0.6) is 0 Å². The van der Waals surface area contributed by atoms with Gasteiger partial charge in [-0.3, -0.25) is 0 Å². The van der Waals surface area contributed by atoms with E-state index < -0.39 is 0 Å². The van der Waals surface area contributed by atoms with Crippen molar-refractivity contribution in [2.24, 2.45) is 17.7 Å². The third-order valence-corrected chi connectivity index (χ3v) is 4.70. The molecule has 1 aromatic rings. The molecule has 0 amide bonds. The molecule has 3 atom stereocenters. The first-order valence-electron chi connectivity index (χ1n) is 6.26. The number of hydrazine groups is 1. The molecule has 1 aromatic heterocycles. The summed E-state index contributed by atoms with van der Waals surface area (Å²) in [6.45, 7) is 0. The lowest BCUT2D eigenvalue weighted by Gasteiger charge is -2.24. The lowest BCUT2D eigenvalue weighted by molar-refractivity contribution is 0.439. The molecule has 98 valence electrons. The van der Waals surface area contributed by atoms with Crippen LogP contribution in [-0.2, 0) is 0 Å². The molecular weight excluding hydrogens is 271 g/mol. The van der Waals surface area contributed by atoms with Gasteiger partial charge in [0.25, 0.3) is 0 Å². The molecule has 2 aliphatic rings. The van der Waals surface area contributed by atoms with Gasteiger partial charge in [-0.05, 0) is 37.2 Å². The van der Waals surface area contributed by atoms with Gasteiger partial charge < -0.3 is 10.7 Å². The van der Waals surface area contributed by atoms with Crippen molar-refractivity contribution >= 4 is 34.8 Å². The van der Waals surface area contributed by atoms with E-state index in [1.807, 2.05) is 0 Å². The Kier molecular flexibility index (Phi) is 3.26. The first-order chi connectivity index (χ1) is 8.67. The summed E-state index contributed by atoms with van der Waals surface area (Å²) in [4.78, 5) is 4.33. The van der Waals surface area contributed by atoms with E-state index in [0.717, 1.165) is 11.8 Å². The molecule has 4 N–H and O–H groups in total. The highest BCUT2D eigenvalue weighted by atomic mass is 35.5. The van der Waals surface area contributed by atoms with Crippen LogP contribution in [0.1, 0.15) is 25.7 Å². The van der Waals surface area contributed by atoms with Crippen molar-refractivity contribution in [3.05, 3.63) is 16.1 Å². The molecular formula is C12H16Cl2N4. The highest BCUT2D eigenvalue weighted by Crippen LogP contribution is 2.46. The Labute approximate surface area is 116 Å². The average molecular weight is 287 g/mol. The van der Waals surface area contributed by atoms with Crippen molar-refractivity contribution in [3.63, 3.8) is 0 Å². The zero-order chi connectivity index (χ0) is 12.7. The van der Waals surface area contributed by atoms with Gasteiger partial charge in [-0.25, -0.2) is 10.8 Å². The van der Waals surface area contributed by atoms with Gasteiger partial charge >= 0.3 is 0 Å². The summed E-state index contributed by atoms with van der Waals surface area (Å²) in [6.07, 6.45) is 5.25. The van der Waals surface area contributed by atoms with Crippen molar-refractivity contribution < 1.29 is 0 Å².